The Labute approximate surface area is 129 Å². The van der Waals surface area contributed by atoms with Crippen LogP contribution in [0.1, 0.15) is 5.56 Å². The summed E-state index contributed by atoms with van der Waals surface area (Å²) in [7, 11) is 1.70. The Bertz CT molecular complexity index is 550. The third-order valence-electron chi connectivity index (χ3n) is 2.59. The van der Waals surface area contributed by atoms with Gasteiger partial charge in [-0.25, -0.2) is 0 Å². The number of aryl methyl sites for hydroxylation is 1. The molecule has 0 N–H and O–H groups in total. The first-order chi connectivity index (χ1) is 8.11. The molecule has 2 rings (SSSR count). The molecule has 0 aliphatic rings. The van der Waals surface area contributed by atoms with E-state index in [-0.39, 0.29) is 0 Å². The summed E-state index contributed by atoms with van der Waals surface area (Å²) in [5.74, 6) is 0.901. The van der Waals surface area contributed by atoms with Gasteiger partial charge in [-0.1, -0.05) is 17.7 Å². The Morgan fingerprint density at radius 2 is 1.47 bits per heavy atom. The second-order valence-electron chi connectivity index (χ2n) is 3.83. The van der Waals surface area contributed by atoms with Crippen LogP contribution in [0.25, 0.3) is 11.1 Å². The lowest BCUT2D eigenvalue weighted by molar-refractivity contribution is 0.415. The average Bonchev–Trinajstić information content (AvgIpc) is 2.33. The van der Waals surface area contributed by atoms with E-state index in [0.29, 0.717) is 0 Å². The van der Waals surface area contributed by atoms with Gasteiger partial charge in [0.1, 0.15) is 5.75 Å². The van der Waals surface area contributed by atoms with Crippen molar-refractivity contribution < 1.29 is 4.74 Å². The molecule has 0 atom stereocenters. The van der Waals surface area contributed by atoms with Gasteiger partial charge in [-0.2, -0.15) is 0 Å². The van der Waals surface area contributed by atoms with Crippen molar-refractivity contribution in [3.05, 3.63) is 49.1 Å². The Morgan fingerprint density at radius 3 is 2.12 bits per heavy atom. The third-order valence-corrected chi connectivity index (χ3v) is 4.47. The highest BCUT2D eigenvalue weighted by Gasteiger charge is 2.08. The minimum absolute atomic E-state index is 0.901. The summed E-state index contributed by atoms with van der Waals surface area (Å²) in [6.07, 6.45) is 0. The van der Waals surface area contributed by atoms with Crippen molar-refractivity contribution >= 4 is 45.2 Å². The fourth-order valence-corrected chi connectivity index (χ4v) is 2.94. The average molecular weight is 450 g/mol. The van der Waals surface area contributed by atoms with Crippen LogP contribution >= 0.6 is 45.2 Å². The molecular formula is C14H12I2O. The molecule has 0 aromatic heterocycles. The van der Waals surface area contributed by atoms with Gasteiger partial charge in [-0.3, -0.25) is 0 Å². The van der Waals surface area contributed by atoms with E-state index in [0.717, 1.165) is 5.75 Å². The lowest BCUT2D eigenvalue weighted by atomic mass is 10.0. The largest absolute Gasteiger partial charge is 0.497 e. The van der Waals surface area contributed by atoms with Crippen LogP contribution in [0.3, 0.4) is 0 Å². The van der Waals surface area contributed by atoms with E-state index in [1.54, 1.807) is 7.11 Å². The molecule has 0 bridgehead atoms. The maximum Gasteiger partial charge on any atom is 0.119 e. The zero-order chi connectivity index (χ0) is 12.4. The number of ether oxygens (including phenoxy) is 1. The number of rotatable bonds is 2. The van der Waals surface area contributed by atoms with Crippen LogP contribution in [0.4, 0.5) is 0 Å². The zero-order valence-electron chi connectivity index (χ0n) is 9.63. The molecule has 0 radical (unpaired) electrons. The highest BCUT2D eigenvalue weighted by atomic mass is 127. The van der Waals surface area contributed by atoms with Gasteiger partial charge in [0.05, 0.1) is 7.11 Å². The van der Waals surface area contributed by atoms with Crippen LogP contribution in [0.2, 0.25) is 0 Å². The van der Waals surface area contributed by atoms with Crippen LogP contribution < -0.4 is 4.74 Å². The minimum atomic E-state index is 0.901. The van der Waals surface area contributed by atoms with Crippen molar-refractivity contribution in [2.45, 2.75) is 6.92 Å². The van der Waals surface area contributed by atoms with E-state index in [9.17, 15) is 0 Å². The molecule has 2 aromatic carbocycles. The van der Waals surface area contributed by atoms with E-state index in [2.05, 4.69) is 82.4 Å². The number of hydrogen-bond donors (Lipinski definition) is 0. The lowest BCUT2D eigenvalue weighted by Crippen LogP contribution is -1.90. The molecule has 88 valence electrons. The maximum absolute atomic E-state index is 5.30. The molecule has 17 heavy (non-hydrogen) atoms. The zero-order valence-corrected chi connectivity index (χ0v) is 13.9. The van der Waals surface area contributed by atoms with Crippen LogP contribution in [0.15, 0.2) is 36.4 Å². The van der Waals surface area contributed by atoms with Gasteiger partial charge in [0, 0.05) is 7.14 Å². The van der Waals surface area contributed by atoms with Crippen molar-refractivity contribution in [1.29, 1.82) is 0 Å². The summed E-state index contributed by atoms with van der Waals surface area (Å²) >= 11 is 4.74. The first-order valence-electron chi connectivity index (χ1n) is 5.22. The minimum Gasteiger partial charge on any atom is -0.497 e. The van der Waals surface area contributed by atoms with Gasteiger partial charge >= 0.3 is 0 Å². The predicted octanol–water partition coefficient (Wildman–Crippen LogP) is 4.88. The maximum atomic E-state index is 5.30. The molecule has 3 heteroatoms. The van der Waals surface area contributed by atoms with Crippen molar-refractivity contribution in [2.24, 2.45) is 0 Å². The molecule has 0 amide bonds. The van der Waals surface area contributed by atoms with Crippen molar-refractivity contribution in [3.8, 4) is 16.9 Å². The molecule has 0 spiro atoms. The van der Waals surface area contributed by atoms with Gasteiger partial charge < -0.3 is 4.74 Å². The van der Waals surface area contributed by atoms with Crippen LogP contribution in [-0.4, -0.2) is 7.11 Å². The molecule has 2 aromatic rings. The topological polar surface area (TPSA) is 9.23 Å². The predicted molar refractivity (Wildman–Crippen MR) is 88.6 cm³/mol. The van der Waals surface area contributed by atoms with Gasteiger partial charge in [-0.15, -0.1) is 0 Å². The molecule has 0 fully saturated rings. The molecule has 0 saturated carbocycles. The second-order valence-corrected chi connectivity index (χ2v) is 6.15. The molecule has 1 nitrogen and oxygen atoms in total. The van der Waals surface area contributed by atoms with E-state index in [1.807, 2.05) is 6.07 Å². The van der Waals surface area contributed by atoms with Crippen LogP contribution in [0.5, 0.6) is 5.75 Å². The Balaban J connectivity index is 2.62. The summed E-state index contributed by atoms with van der Waals surface area (Å²) in [5.41, 5.74) is 3.78. The Kier molecular flexibility index (Phi) is 4.30. The fraction of sp³-hybridized carbons (Fsp3) is 0.143. The van der Waals surface area contributed by atoms with Gasteiger partial charge in [0.25, 0.3) is 0 Å². The Hall–Kier alpha value is -0.300. The van der Waals surface area contributed by atoms with Gasteiger partial charge in [0.15, 0.2) is 0 Å². The molecular weight excluding hydrogens is 438 g/mol. The third kappa shape index (κ3) is 2.93. The summed E-state index contributed by atoms with van der Waals surface area (Å²) in [5, 5.41) is 0. The molecule has 0 aliphatic heterocycles. The highest BCUT2D eigenvalue weighted by molar-refractivity contribution is 14.1. The van der Waals surface area contributed by atoms with Gasteiger partial charge in [0.2, 0.25) is 0 Å². The molecule has 0 unspecified atom stereocenters. The van der Waals surface area contributed by atoms with E-state index in [4.69, 9.17) is 4.74 Å². The van der Waals surface area contributed by atoms with Crippen molar-refractivity contribution in [3.63, 3.8) is 0 Å². The smallest absolute Gasteiger partial charge is 0.119 e. The Morgan fingerprint density at radius 1 is 0.882 bits per heavy atom. The quantitative estimate of drug-likeness (QED) is 0.594. The summed E-state index contributed by atoms with van der Waals surface area (Å²) in [6.45, 7) is 2.12. The monoisotopic (exact) mass is 450 g/mol. The number of benzene rings is 2. The first-order valence-corrected chi connectivity index (χ1v) is 7.37. The molecule has 0 aliphatic carbocycles. The normalized spacial score (nSPS) is 10.4. The first kappa shape index (κ1) is 13.1. The van der Waals surface area contributed by atoms with E-state index < -0.39 is 0 Å². The standard InChI is InChI=1S/C14H12I2O/c1-9-3-5-13(15)11(7-9)12-8-10(17-2)4-6-14(12)16/h3-8H,1-2H3. The molecule has 0 heterocycles. The SMILES string of the molecule is COc1ccc(I)c(-c2cc(C)ccc2I)c1. The number of methoxy groups -OCH3 is 1. The number of halogens is 2. The van der Waals surface area contributed by atoms with Crippen molar-refractivity contribution in [2.75, 3.05) is 7.11 Å². The van der Waals surface area contributed by atoms with Gasteiger partial charge in [-0.05, 0) is 87.5 Å². The summed E-state index contributed by atoms with van der Waals surface area (Å²) < 4.78 is 7.80. The number of hydrogen-bond acceptors (Lipinski definition) is 1. The van der Waals surface area contributed by atoms with Crippen LogP contribution in [0, 0.1) is 14.1 Å². The summed E-state index contributed by atoms with van der Waals surface area (Å²) in [6, 6.07) is 12.7. The van der Waals surface area contributed by atoms with Crippen LogP contribution in [-0.2, 0) is 0 Å². The summed E-state index contributed by atoms with van der Waals surface area (Å²) in [4.78, 5) is 0. The molecule has 0 saturated heterocycles. The highest BCUT2D eigenvalue weighted by Crippen LogP contribution is 2.32. The van der Waals surface area contributed by atoms with E-state index >= 15 is 0 Å². The second kappa shape index (κ2) is 5.56. The lowest BCUT2D eigenvalue weighted by Gasteiger charge is -2.10. The van der Waals surface area contributed by atoms with E-state index in [1.165, 1.54) is 23.8 Å². The fourth-order valence-electron chi connectivity index (χ4n) is 1.68. The van der Waals surface area contributed by atoms with Crippen molar-refractivity contribution in [1.82, 2.24) is 0 Å².